The first kappa shape index (κ1) is 20.6. The molecule has 0 saturated heterocycles. The maximum atomic E-state index is 12.3. The summed E-state index contributed by atoms with van der Waals surface area (Å²) in [5.41, 5.74) is 1.36. The Morgan fingerprint density at radius 2 is 1.85 bits per heavy atom. The molecule has 0 bridgehead atoms. The highest BCUT2D eigenvalue weighted by atomic mass is 35.5. The smallest absolute Gasteiger partial charge is 0.303 e. The molecule has 2 aromatic carbocycles. The highest BCUT2D eigenvalue weighted by Gasteiger charge is 2.14. The molecule has 2 aromatic rings. The van der Waals surface area contributed by atoms with Crippen molar-refractivity contribution in [2.24, 2.45) is 0 Å². The van der Waals surface area contributed by atoms with E-state index in [9.17, 15) is 9.59 Å². The number of hydrogen-bond acceptors (Lipinski definition) is 4. The molecule has 0 radical (unpaired) electrons. The fraction of sp³-hybridized carbons (Fsp3) is 0.300. The summed E-state index contributed by atoms with van der Waals surface area (Å²) in [5, 5.41) is 12.1. The zero-order valence-corrected chi connectivity index (χ0v) is 16.0. The Morgan fingerprint density at radius 3 is 2.48 bits per heavy atom. The van der Waals surface area contributed by atoms with E-state index in [1.807, 2.05) is 12.1 Å². The van der Waals surface area contributed by atoms with Crippen LogP contribution >= 0.6 is 11.6 Å². The van der Waals surface area contributed by atoms with Crippen molar-refractivity contribution in [1.82, 2.24) is 5.32 Å². The maximum Gasteiger partial charge on any atom is 0.303 e. The zero-order chi connectivity index (χ0) is 19.8. The van der Waals surface area contributed by atoms with Crippen molar-refractivity contribution >= 4 is 23.5 Å². The Balaban J connectivity index is 2.00. The van der Waals surface area contributed by atoms with Gasteiger partial charge in [-0.05, 0) is 49.2 Å². The molecule has 1 atom stereocenters. The van der Waals surface area contributed by atoms with Crippen LogP contribution in [-0.4, -0.2) is 30.1 Å². The molecular formula is C20H22ClNO5. The van der Waals surface area contributed by atoms with Gasteiger partial charge in [0.25, 0.3) is 5.91 Å². The molecule has 27 heavy (non-hydrogen) atoms. The number of ether oxygens (including phenoxy) is 2. The van der Waals surface area contributed by atoms with Gasteiger partial charge in [0.05, 0.1) is 7.11 Å². The van der Waals surface area contributed by atoms with E-state index in [2.05, 4.69) is 5.32 Å². The minimum atomic E-state index is -0.889. The van der Waals surface area contributed by atoms with Gasteiger partial charge in [-0.3, -0.25) is 9.59 Å². The van der Waals surface area contributed by atoms with Gasteiger partial charge in [0.15, 0.2) is 11.5 Å². The van der Waals surface area contributed by atoms with Crippen LogP contribution in [0.25, 0.3) is 0 Å². The number of aliphatic carboxylic acids is 1. The molecule has 144 valence electrons. The van der Waals surface area contributed by atoms with Crippen molar-refractivity contribution in [3.63, 3.8) is 0 Å². The standard InChI is InChI=1S/C20H22ClNO5/c1-13(3-10-19(23)24)22-20(25)15-6-9-17(18(11-15)26-2)27-12-14-4-7-16(21)8-5-14/h4-9,11,13H,3,10,12H2,1-2H3,(H,22,25)(H,23,24). The fourth-order valence-electron chi connectivity index (χ4n) is 2.39. The van der Waals surface area contributed by atoms with E-state index in [-0.39, 0.29) is 18.4 Å². The minimum absolute atomic E-state index is 0.00223. The van der Waals surface area contributed by atoms with Crippen LogP contribution in [0.4, 0.5) is 0 Å². The predicted molar refractivity (Wildman–Crippen MR) is 103 cm³/mol. The van der Waals surface area contributed by atoms with Gasteiger partial charge in [-0.2, -0.15) is 0 Å². The molecule has 7 heteroatoms. The third-order valence-corrected chi connectivity index (χ3v) is 4.15. The summed E-state index contributed by atoms with van der Waals surface area (Å²) in [5.74, 6) is -0.229. The lowest BCUT2D eigenvalue weighted by Crippen LogP contribution is -2.32. The molecule has 0 spiro atoms. The summed E-state index contributed by atoms with van der Waals surface area (Å²) in [4.78, 5) is 22.9. The number of nitrogens with one attached hydrogen (secondary N) is 1. The Bertz CT molecular complexity index is 791. The quantitative estimate of drug-likeness (QED) is 0.677. The second kappa shape index (κ2) is 9.83. The number of methoxy groups -OCH3 is 1. The van der Waals surface area contributed by atoms with E-state index >= 15 is 0 Å². The number of benzene rings is 2. The highest BCUT2D eigenvalue weighted by molar-refractivity contribution is 6.30. The van der Waals surface area contributed by atoms with Crippen LogP contribution in [0.3, 0.4) is 0 Å². The van der Waals surface area contributed by atoms with Gasteiger partial charge in [0, 0.05) is 23.0 Å². The molecule has 0 saturated carbocycles. The Labute approximate surface area is 163 Å². The van der Waals surface area contributed by atoms with Crippen molar-refractivity contribution in [3.8, 4) is 11.5 Å². The SMILES string of the molecule is COc1cc(C(=O)NC(C)CCC(=O)O)ccc1OCc1ccc(Cl)cc1. The lowest BCUT2D eigenvalue weighted by atomic mass is 10.1. The molecule has 0 aliphatic rings. The monoisotopic (exact) mass is 391 g/mol. The van der Waals surface area contributed by atoms with Gasteiger partial charge < -0.3 is 19.9 Å². The molecule has 0 aromatic heterocycles. The summed E-state index contributed by atoms with van der Waals surface area (Å²) in [6.45, 7) is 2.10. The zero-order valence-electron chi connectivity index (χ0n) is 15.2. The highest BCUT2D eigenvalue weighted by Crippen LogP contribution is 2.29. The lowest BCUT2D eigenvalue weighted by molar-refractivity contribution is -0.137. The first-order valence-corrected chi connectivity index (χ1v) is 8.84. The van der Waals surface area contributed by atoms with Crippen LogP contribution in [0.1, 0.15) is 35.7 Å². The first-order chi connectivity index (χ1) is 12.9. The molecule has 0 fully saturated rings. The van der Waals surface area contributed by atoms with Gasteiger partial charge >= 0.3 is 5.97 Å². The van der Waals surface area contributed by atoms with Crippen LogP contribution in [0.15, 0.2) is 42.5 Å². The topological polar surface area (TPSA) is 84.9 Å². The van der Waals surface area contributed by atoms with Gasteiger partial charge in [-0.1, -0.05) is 23.7 Å². The predicted octanol–water partition coefficient (Wildman–Crippen LogP) is 3.91. The Morgan fingerprint density at radius 1 is 1.15 bits per heavy atom. The Kier molecular flexibility index (Phi) is 7.49. The van der Waals surface area contributed by atoms with Crippen molar-refractivity contribution in [2.45, 2.75) is 32.4 Å². The molecular weight excluding hydrogens is 370 g/mol. The summed E-state index contributed by atoms with van der Waals surface area (Å²) in [7, 11) is 1.50. The molecule has 6 nitrogen and oxygen atoms in total. The number of rotatable bonds is 9. The molecule has 0 heterocycles. The van der Waals surface area contributed by atoms with Crippen LogP contribution in [0.5, 0.6) is 11.5 Å². The van der Waals surface area contributed by atoms with Crippen LogP contribution in [-0.2, 0) is 11.4 Å². The van der Waals surface area contributed by atoms with Gasteiger partial charge in [0.2, 0.25) is 0 Å². The molecule has 1 amide bonds. The third-order valence-electron chi connectivity index (χ3n) is 3.90. The van der Waals surface area contributed by atoms with E-state index in [1.165, 1.54) is 7.11 Å². The molecule has 0 aliphatic heterocycles. The number of amides is 1. The lowest BCUT2D eigenvalue weighted by Gasteiger charge is -2.15. The molecule has 2 N–H and O–H groups in total. The van der Waals surface area contributed by atoms with Gasteiger partial charge in [0.1, 0.15) is 6.61 Å². The third kappa shape index (κ3) is 6.49. The molecule has 1 unspecified atom stereocenters. The maximum absolute atomic E-state index is 12.3. The summed E-state index contributed by atoms with van der Waals surface area (Å²) in [6.07, 6.45) is 0.364. The van der Waals surface area contributed by atoms with E-state index in [1.54, 1.807) is 37.3 Å². The number of carbonyl (C=O) groups excluding carboxylic acids is 1. The van der Waals surface area contributed by atoms with Crippen molar-refractivity contribution in [2.75, 3.05) is 7.11 Å². The van der Waals surface area contributed by atoms with Crippen LogP contribution < -0.4 is 14.8 Å². The minimum Gasteiger partial charge on any atom is -0.493 e. The van der Waals surface area contributed by atoms with Crippen LogP contribution in [0.2, 0.25) is 5.02 Å². The van der Waals surface area contributed by atoms with Gasteiger partial charge in [-0.25, -0.2) is 0 Å². The second-order valence-electron chi connectivity index (χ2n) is 6.09. The largest absolute Gasteiger partial charge is 0.493 e. The normalized spacial score (nSPS) is 11.5. The average Bonchev–Trinajstić information content (AvgIpc) is 2.65. The number of carboxylic acids is 1. The fourth-order valence-corrected chi connectivity index (χ4v) is 2.52. The van der Waals surface area contributed by atoms with E-state index in [4.69, 9.17) is 26.2 Å². The van der Waals surface area contributed by atoms with Crippen molar-refractivity contribution in [1.29, 1.82) is 0 Å². The molecule has 0 aliphatic carbocycles. The van der Waals surface area contributed by atoms with Crippen LogP contribution in [0, 0.1) is 0 Å². The van der Waals surface area contributed by atoms with Crippen molar-refractivity contribution in [3.05, 3.63) is 58.6 Å². The Hall–Kier alpha value is -2.73. The van der Waals surface area contributed by atoms with E-state index in [0.29, 0.717) is 35.1 Å². The second-order valence-corrected chi connectivity index (χ2v) is 6.52. The number of hydrogen-bond donors (Lipinski definition) is 2. The van der Waals surface area contributed by atoms with E-state index in [0.717, 1.165) is 5.56 Å². The van der Waals surface area contributed by atoms with E-state index < -0.39 is 5.97 Å². The summed E-state index contributed by atoms with van der Waals surface area (Å²) in [6, 6.07) is 12.0. The molecule has 2 rings (SSSR count). The average molecular weight is 392 g/mol. The number of halogens is 1. The number of carboxylic acid groups (broad SMARTS) is 1. The van der Waals surface area contributed by atoms with Gasteiger partial charge in [-0.15, -0.1) is 0 Å². The first-order valence-electron chi connectivity index (χ1n) is 8.47. The summed E-state index contributed by atoms with van der Waals surface area (Å²) >= 11 is 5.87. The van der Waals surface area contributed by atoms with Crippen molar-refractivity contribution < 1.29 is 24.2 Å². The summed E-state index contributed by atoms with van der Waals surface area (Å²) < 4.78 is 11.1. The number of carbonyl (C=O) groups is 2.